The molecule has 0 unspecified atom stereocenters. The zero-order valence-electron chi connectivity index (χ0n) is 21.7. The van der Waals surface area contributed by atoms with Crippen molar-refractivity contribution in [2.75, 3.05) is 25.6 Å². The Labute approximate surface area is 216 Å². The van der Waals surface area contributed by atoms with Crippen molar-refractivity contribution < 1.29 is 32.9 Å². The third kappa shape index (κ3) is 7.71. The molecular weight excluding hydrogens is 503 g/mol. The maximum Gasteiger partial charge on any atom is 0.342 e. The number of hydrogen-bond donors (Lipinski definition) is 3. The van der Waals surface area contributed by atoms with Gasteiger partial charge >= 0.3 is 19.6 Å². The predicted octanol–water partition coefficient (Wildman–Crippen LogP) is 2.52. The minimum Gasteiger partial charge on any atom is -0.465 e. The lowest BCUT2D eigenvalue weighted by Crippen LogP contribution is -2.42. The lowest BCUT2D eigenvalue weighted by Gasteiger charge is -2.26. The number of nitrogens with two attached hydrogens (primary N) is 1. The molecule has 0 radical (unpaired) electrons. The molecule has 2 aromatic heterocycles. The molecule has 1 saturated heterocycles. The van der Waals surface area contributed by atoms with E-state index in [9.17, 15) is 14.2 Å². The Kier molecular flexibility index (Phi) is 10.4. The summed E-state index contributed by atoms with van der Waals surface area (Å²) in [4.78, 5) is 28.6. The van der Waals surface area contributed by atoms with Crippen LogP contribution in [0.15, 0.2) is 18.5 Å². The number of nitrogen functional groups attached to an aromatic ring is 1. The molecule has 3 rings (SSSR count). The van der Waals surface area contributed by atoms with Crippen LogP contribution in [-0.2, 0) is 32.9 Å². The van der Waals surface area contributed by atoms with E-state index in [4.69, 9.17) is 24.5 Å². The van der Waals surface area contributed by atoms with Gasteiger partial charge in [-0.3, -0.25) is 14.2 Å². The average Bonchev–Trinajstić information content (AvgIpc) is 3.52. The number of aromatic nitrogens is 3. The lowest BCUT2D eigenvalue weighted by molar-refractivity contribution is -0.145. The van der Waals surface area contributed by atoms with Crippen LogP contribution in [0.25, 0.3) is 5.52 Å². The van der Waals surface area contributed by atoms with Gasteiger partial charge in [0.25, 0.3) is 0 Å². The van der Waals surface area contributed by atoms with Crippen LogP contribution in [0.3, 0.4) is 0 Å². The quantitative estimate of drug-likeness (QED) is 0.237. The van der Waals surface area contributed by atoms with Gasteiger partial charge < -0.3 is 24.5 Å². The van der Waals surface area contributed by atoms with Gasteiger partial charge in [-0.25, -0.2) is 19.7 Å². The molecule has 0 amide bonds. The molecule has 37 heavy (non-hydrogen) atoms. The molecule has 0 spiro atoms. The van der Waals surface area contributed by atoms with Gasteiger partial charge in [-0.1, -0.05) is 13.8 Å². The molecule has 0 aliphatic carbocycles. The number of esters is 2. The Morgan fingerprint density at radius 1 is 1.14 bits per heavy atom. The smallest absolute Gasteiger partial charge is 0.342 e. The summed E-state index contributed by atoms with van der Waals surface area (Å²) in [7, 11) is -3.91. The number of nitrogens with one attached hydrogen (secondary N) is 2. The Morgan fingerprint density at radius 2 is 1.76 bits per heavy atom. The molecule has 206 valence electrons. The minimum absolute atomic E-state index is 0.0400. The Hall–Kier alpha value is -2.57. The van der Waals surface area contributed by atoms with Crippen LogP contribution in [0.1, 0.15) is 65.2 Å². The average molecular weight is 541 g/mol. The van der Waals surface area contributed by atoms with Gasteiger partial charge in [0, 0.05) is 0 Å². The highest BCUT2D eigenvalue weighted by molar-refractivity contribution is 7.54. The Balaban J connectivity index is 1.66. The van der Waals surface area contributed by atoms with Crippen molar-refractivity contribution in [2.24, 2.45) is 0 Å². The molecule has 14 heteroatoms. The monoisotopic (exact) mass is 540 g/mol. The SMILES string of the molecule is CCCOC(=O)[C@H](C)NP(=O)(N[C@@H](C)C(=O)OCCC)OC[C@@H]1CC[C@H](c2ccc3c(N)ncnn23)O1. The summed E-state index contributed by atoms with van der Waals surface area (Å²) in [5, 5.41) is 9.63. The van der Waals surface area contributed by atoms with E-state index in [0.29, 0.717) is 37.0 Å². The van der Waals surface area contributed by atoms with E-state index in [1.165, 1.54) is 20.2 Å². The van der Waals surface area contributed by atoms with E-state index in [1.54, 1.807) is 4.52 Å². The van der Waals surface area contributed by atoms with Crippen LogP contribution in [0.5, 0.6) is 0 Å². The van der Waals surface area contributed by atoms with E-state index in [2.05, 4.69) is 20.3 Å². The Morgan fingerprint density at radius 3 is 2.35 bits per heavy atom. The van der Waals surface area contributed by atoms with Gasteiger partial charge in [0.2, 0.25) is 0 Å². The van der Waals surface area contributed by atoms with Crippen molar-refractivity contribution in [2.45, 2.75) is 77.7 Å². The number of anilines is 1. The van der Waals surface area contributed by atoms with Crippen LogP contribution >= 0.6 is 7.67 Å². The molecular formula is C23H37N6O7P. The second kappa shape index (κ2) is 13.3. The molecule has 0 saturated carbocycles. The summed E-state index contributed by atoms with van der Waals surface area (Å²) in [6.07, 6.45) is 3.37. The van der Waals surface area contributed by atoms with Crippen molar-refractivity contribution in [1.82, 2.24) is 24.8 Å². The molecule has 3 heterocycles. The second-order valence-corrected chi connectivity index (χ2v) is 10.8. The van der Waals surface area contributed by atoms with Gasteiger partial charge in [0.1, 0.15) is 30.0 Å². The number of carbonyl (C=O) groups excluding carboxylic acids is 2. The molecule has 1 aliphatic heterocycles. The first-order valence-corrected chi connectivity index (χ1v) is 14.2. The summed E-state index contributed by atoms with van der Waals surface area (Å²) in [5.41, 5.74) is 7.43. The number of hydrogen-bond acceptors (Lipinski definition) is 10. The molecule has 0 aromatic carbocycles. The number of rotatable bonds is 14. The summed E-state index contributed by atoms with van der Waals surface area (Å²) < 4.78 is 37.6. The molecule has 0 bridgehead atoms. The van der Waals surface area contributed by atoms with Crippen molar-refractivity contribution in [3.8, 4) is 0 Å². The highest BCUT2D eigenvalue weighted by atomic mass is 31.2. The molecule has 13 nitrogen and oxygen atoms in total. The Bertz CT molecular complexity index is 1080. The summed E-state index contributed by atoms with van der Waals surface area (Å²) in [6.45, 7) is 7.22. The van der Waals surface area contributed by atoms with Crippen molar-refractivity contribution in [1.29, 1.82) is 0 Å². The third-order valence-electron chi connectivity index (χ3n) is 5.72. The molecule has 1 fully saturated rings. The summed E-state index contributed by atoms with van der Waals surface area (Å²) in [6, 6.07) is 1.82. The van der Waals surface area contributed by atoms with E-state index in [0.717, 1.165) is 5.69 Å². The van der Waals surface area contributed by atoms with Gasteiger partial charge in [-0.2, -0.15) is 5.10 Å². The fraction of sp³-hybridized carbons (Fsp3) is 0.652. The fourth-order valence-corrected chi connectivity index (χ4v) is 5.66. The second-order valence-electron chi connectivity index (χ2n) is 8.91. The lowest BCUT2D eigenvalue weighted by atomic mass is 10.1. The fourth-order valence-electron chi connectivity index (χ4n) is 3.83. The van der Waals surface area contributed by atoms with Crippen LogP contribution in [0, 0.1) is 0 Å². The zero-order chi connectivity index (χ0) is 27.0. The van der Waals surface area contributed by atoms with E-state index in [-0.39, 0.29) is 32.0 Å². The maximum atomic E-state index is 13.7. The first-order chi connectivity index (χ1) is 17.7. The van der Waals surface area contributed by atoms with Crippen LogP contribution in [0.4, 0.5) is 5.82 Å². The zero-order valence-corrected chi connectivity index (χ0v) is 22.6. The minimum atomic E-state index is -3.91. The van der Waals surface area contributed by atoms with Gasteiger partial charge in [0.15, 0.2) is 5.82 Å². The maximum absolute atomic E-state index is 13.7. The number of carbonyl (C=O) groups is 2. The van der Waals surface area contributed by atoms with Crippen molar-refractivity contribution in [3.63, 3.8) is 0 Å². The molecule has 4 atom stereocenters. The van der Waals surface area contributed by atoms with Gasteiger partial charge in [-0.05, 0) is 51.7 Å². The number of fused-ring (bicyclic) bond motifs is 1. The normalized spacial score (nSPS) is 19.6. The summed E-state index contributed by atoms with van der Waals surface area (Å²) >= 11 is 0. The first kappa shape index (κ1) is 29.0. The van der Waals surface area contributed by atoms with Crippen molar-refractivity contribution >= 4 is 30.9 Å². The molecule has 1 aliphatic rings. The standard InChI is InChI=1S/C23H37N6O7P/c1-5-11-33-22(30)15(3)27-37(32,28-16(4)23(31)34-12-6-2)35-13-17-7-10-20(36-17)18-8-9-19-21(24)25-14-26-29(18)19/h8-9,14-17,20H,5-7,10-13H2,1-4H3,(H2,24,25,26)(H2,27,28,32)/t15-,16-,17-,20+/m0/s1. The van der Waals surface area contributed by atoms with E-state index in [1.807, 2.05) is 26.0 Å². The van der Waals surface area contributed by atoms with E-state index < -0.39 is 31.7 Å². The molecule has 4 N–H and O–H groups in total. The first-order valence-electron chi connectivity index (χ1n) is 12.5. The highest BCUT2D eigenvalue weighted by Crippen LogP contribution is 2.41. The van der Waals surface area contributed by atoms with Crippen LogP contribution < -0.4 is 15.9 Å². The number of nitrogens with zero attached hydrogens (tertiary/aromatic N) is 3. The number of ether oxygens (including phenoxy) is 3. The molecule has 2 aromatic rings. The van der Waals surface area contributed by atoms with Gasteiger partial charge in [0.05, 0.1) is 31.6 Å². The topological polar surface area (TPSA) is 168 Å². The largest absolute Gasteiger partial charge is 0.465 e. The van der Waals surface area contributed by atoms with E-state index >= 15 is 0 Å². The predicted molar refractivity (Wildman–Crippen MR) is 136 cm³/mol. The van der Waals surface area contributed by atoms with Gasteiger partial charge in [-0.15, -0.1) is 0 Å². The summed E-state index contributed by atoms with van der Waals surface area (Å²) in [5.74, 6) is -0.783. The van der Waals surface area contributed by atoms with Crippen LogP contribution in [0.2, 0.25) is 0 Å². The van der Waals surface area contributed by atoms with Crippen LogP contribution in [-0.4, -0.2) is 64.5 Å². The highest BCUT2D eigenvalue weighted by Gasteiger charge is 2.36. The van der Waals surface area contributed by atoms with Crippen molar-refractivity contribution in [3.05, 3.63) is 24.2 Å². The third-order valence-corrected chi connectivity index (χ3v) is 7.69.